The van der Waals surface area contributed by atoms with Crippen molar-refractivity contribution >= 4 is 54.9 Å². The fraction of sp³-hybridized carbons (Fsp3) is 0.480. The Labute approximate surface area is 214 Å². The minimum Gasteiger partial charge on any atom is -0.325 e. The fourth-order valence-corrected chi connectivity index (χ4v) is 8.93. The number of hydrogen-bond acceptors (Lipinski definition) is 7. The molecule has 2 aliphatic rings. The molecule has 1 aliphatic heterocycles. The molecule has 5 rings (SSSR count). The van der Waals surface area contributed by atoms with Crippen LogP contribution in [-0.4, -0.2) is 46.9 Å². The van der Waals surface area contributed by atoms with Gasteiger partial charge < -0.3 is 5.32 Å². The van der Waals surface area contributed by atoms with Crippen LogP contribution in [0.15, 0.2) is 40.5 Å². The number of sulfonamides is 1. The van der Waals surface area contributed by atoms with Crippen molar-refractivity contribution in [1.82, 2.24) is 14.3 Å². The Hall–Kier alpha value is -2.01. The van der Waals surface area contributed by atoms with Crippen LogP contribution in [-0.2, 0) is 27.7 Å². The number of nitrogens with zero attached hydrogens (tertiary/aromatic N) is 3. The Balaban J connectivity index is 1.24. The molecule has 1 saturated heterocycles. The number of amides is 1. The fourth-order valence-electron chi connectivity index (χ4n) is 5.05. The number of hydrogen-bond donors (Lipinski definition) is 1. The van der Waals surface area contributed by atoms with E-state index in [4.69, 9.17) is 0 Å². The zero-order chi connectivity index (χ0) is 24.4. The second-order valence-electron chi connectivity index (χ2n) is 9.10. The molecule has 1 aromatic carbocycles. The quantitative estimate of drug-likeness (QED) is 0.331. The van der Waals surface area contributed by atoms with Crippen LogP contribution in [0.2, 0.25) is 0 Å². The van der Waals surface area contributed by atoms with Crippen LogP contribution in [0.3, 0.4) is 0 Å². The largest absolute Gasteiger partial charge is 0.325 e. The molecular weight excluding hydrogens is 501 g/mol. The molecule has 0 spiro atoms. The summed E-state index contributed by atoms with van der Waals surface area (Å²) in [5.74, 6) is 0.0754. The van der Waals surface area contributed by atoms with Gasteiger partial charge in [0, 0.05) is 28.5 Å². The minimum atomic E-state index is -3.53. The summed E-state index contributed by atoms with van der Waals surface area (Å²) >= 11 is 3.17. The Bertz CT molecular complexity index is 1320. The van der Waals surface area contributed by atoms with Gasteiger partial charge in [-0.25, -0.2) is 18.4 Å². The molecule has 0 bridgehead atoms. The topological polar surface area (TPSA) is 92.3 Å². The summed E-state index contributed by atoms with van der Waals surface area (Å²) in [7, 11) is -3.53. The monoisotopic (exact) mass is 530 g/mol. The highest BCUT2D eigenvalue weighted by Crippen LogP contribution is 2.39. The Kier molecular flexibility index (Phi) is 7.43. The van der Waals surface area contributed by atoms with Gasteiger partial charge in [-0.05, 0) is 74.8 Å². The lowest BCUT2D eigenvalue weighted by Gasteiger charge is -2.34. The van der Waals surface area contributed by atoms with E-state index < -0.39 is 10.0 Å². The van der Waals surface area contributed by atoms with E-state index in [1.807, 2.05) is 6.92 Å². The summed E-state index contributed by atoms with van der Waals surface area (Å²) in [6.07, 6.45) is 9.83. The van der Waals surface area contributed by atoms with Crippen LogP contribution in [0.25, 0.3) is 10.2 Å². The number of aromatic nitrogens is 2. The van der Waals surface area contributed by atoms with Crippen molar-refractivity contribution in [2.24, 2.45) is 0 Å². The van der Waals surface area contributed by atoms with E-state index in [1.54, 1.807) is 46.2 Å². The van der Waals surface area contributed by atoms with Crippen LogP contribution in [0.5, 0.6) is 0 Å². The zero-order valence-electron chi connectivity index (χ0n) is 19.8. The first-order chi connectivity index (χ1) is 17.0. The molecule has 186 valence electrons. The van der Waals surface area contributed by atoms with Gasteiger partial charge in [-0.3, -0.25) is 4.79 Å². The molecular formula is C25H30N4O3S3. The summed E-state index contributed by atoms with van der Waals surface area (Å²) in [5.41, 5.74) is 1.94. The van der Waals surface area contributed by atoms with Crippen LogP contribution in [0.1, 0.15) is 55.9 Å². The highest BCUT2D eigenvalue weighted by atomic mass is 32.2. The molecule has 3 aromatic rings. The number of nitrogens with one attached hydrogen (secondary N) is 1. The SMILES string of the molecule is CCC1CCCCN1S(=O)(=O)c1ccc(NC(=O)CSc2ncnc3sc4c(c23)CCCC4)cc1. The lowest BCUT2D eigenvalue weighted by atomic mass is 9.97. The summed E-state index contributed by atoms with van der Waals surface area (Å²) in [6.45, 7) is 2.61. The average molecular weight is 531 g/mol. The second-order valence-corrected chi connectivity index (χ2v) is 13.0. The van der Waals surface area contributed by atoms with E-state index in [2.05, 4.69) is 15.3 Å². The molecule has 1 fully saturated rings. The van der Waals surface area contributed by atoms with Crippen LogP contribution < -0.4 is 5.32 Å². The first kappa shape index (κ1) is 24.7. The van der Waals surface area contributed by atoms with Gasteiger partial charge in [0.05, 0.1) is 10.6 Å². The molecule has 1 aliphatic carbocycles. The molecule has 0 saturated carbocycles. The van der Waals surface area contributed by atoms with E-state index in [0.29, 0.717) is 12.2 Å². The normalized spacial score (nSPS) is 18.9. The van der Waals surface area contributed by atoms with Crippen molar-refractivity contribution in [3.63, 3.8) is 0 Å². The Morgan fingerprint density at radius 2 is 1.94 bits per heavy atom. The lowest BCUT2D eigenvalue weighted by molar-refractivity contribution is -0.113. The van der Waals surface area contributed by atoms with Gasteiger partial charge in [0.15, 0.2) is 0 Å². The van der Waals surface area contributed by atoms with E-state index in [-0.39, 0.29) is 22.6 Å². The molecule has 0 radical (unpaired) electrons. The summed E-state index contributed by atoms with van der Waals surface area (Å²) in [5, 5.41) is 4.86. The molecule has 1 N–H and O–H groups in total. The number of rotatable bonds is 7. The van der Waals surface area contributed by atoms with E-state index in [1.165, 1.54) is 35.0 Å². The number of benzene rings is 1. The third-order valence-electron chi connectivity index (χ3n) is 6.85. The van der Waals surface area contributed by atoms with E-state index in [0.717, 1.165) is 53.8 Å². The first-order valence-corrected chi connectivity index (χ1v) is 15.5. The standard InChI is InChI=1S/C25H30N4O3S3/c1-2-18-7-5-6-14-29(18)35(31,32)19-12-10-17(11-13-19)28-22(30)15-33-24-23-20-8-3-4-9-21(20)34-25(23)27-16-26-24/h10-13,16,18H,2-9,14-15H2,1H3,(H,28,30). The summed E-state index contributed by atoms with van der Waals surface area (Å²) in [4.78, 5) is 24.3. The number of anilines is 1. The van der Waals surface area contributed by atoms with Crippen molar-refractivity contribution in [2.75, 3.05) is 17.6 Å². The van der Waals surface area contributed by atoms with Gasteiger partial charge in [-0.2, -0.15) is 4.31 Å². The predicted octanol–water partition coefficient (Wildman–Crippen LogP) is 5.25. The predicted molar refractivity (Wildman–Crippen MR) is 142 cm³/mol. The molecule has 10 heteroatoms. The summed E-state index contributed by atoms with van der Waals surface area (Å²) < 4.78 is 28.0. The van der Waals surface area contributed by atoms with Crippen LogP contribution >= 0.6 is 23.1 Å². The number of thiophene rings is 1. The minimum absolute atomic E-state index is 0.0623. The van der Waals surface area contributed by atoms with E-state index >= 15 is 0 Å². The average Bonchev–Trinajstić information content (AvgIpc) is 3.27. The zero-order valence-corrected chi connectivity index (χ0v) is 22.3. The second kappa shape index (κ2) is 10.5. The molecule has 1 amide bonds. The molecule has 3 heterocycles. The van der Waals surface area contributed by atoms with Gasteiger partial charge in [-0.15, -0.1) is 11.3 Å². The van der Waals surface area contributed by atoms with E-state index in [9.17, 15) is 13.2 Å². The molecule has 1 atom stereocenters. The van der Waals surface area contributed by atoms with Crippen molar-refractivity contribution in [2.45, 2.75) is 74.3 Å². The van der Waals surface area contributed by atoms with Gasteiger partial charge in [0.1, 0.15) is 16.2 Å². The molecule has 35 heavy (non-hydrogen) atoms. The van der Waals surface area contributed by atoms with Crippen molar-refractivity contribution in [3.8, 4) is 0 Å². The number of piperidine rings is 1. The lowest BCUT2D eigenvalue weighted by Crippen LogP contribution is -2.43. The highest BCUT2D eigenvalue weighted by molar-refractivity contribution is 8.00. The number of carbonyl (C=O) groups excluding carboxylic acids is 1. The van der Waals surface area contributed by atoms with Gasteiger partial charge in [0.25, 0.3) is 0 Å². The smallest absolute Gasteiger partial charge is 0.243 e. The van der Waals surface area contributed by atoms with Crippen LogP contribution in [0.4, 0.5) is 5.69 Å². The van der Waals surface area contributed by atoms with Crippen molar-refractivity contribution < 1.29 is 13.2 Å². The Morgan fingerprint density at radius 1 is 1.14 bits per heavy atom. The number of carbonyl (C=O) groups is 1. The van der Waals surface area contributed by atoms with Crippen molar-refractivity contribution in [1.29, 1.82) is 0 Å². The summed E-state index contributed by atoms with van der Waals surface area (Å²) in [6, 6.07) is 6.57. The van der Waals surface area contributed by atoms with Gasteiger partial charge in [0.2, 0.25) is 15.9 Å². The first-order valence-electron chi connectivity index (χ1n) is 12.3. The maximum Gasteiger partial charge on any atom is 0.243 e. The van der Waals surface area contributed by atoms with Crippen LogP contribution in [0, 0.1) is 0 Å². The number of aryl methyl sites for hydroxylation is 2. The van der Waals surface area contributed by atoms with Crippen molar-refractivity contribution in [3.05, 3.63) is 41.0 Å². The Morgan fingerprint density at radius 3 is 2.74 bits per heavy atom. The highest BCUT2D eigenvalue weighted by Gasteiger charge is 2.32. The van der Waals surface area contributed by atoms with Gasteiger partial charge in [-0.1, -0.05) is 25.1 Å². The molecule has 7 nitrogen and oxygen atoms in total. The van der Waals surface area contributed by atoms with Gasteiger partial charge >= 0.3 is 0 Å². The number of thioether (sulfide) groups is 1. The molecule has 1 unspecified atom stereocenters. The molecule has 2 aromatic heterocycles. The third-order valence-corrected chi connectivity index (χ3v) is 11.0. The maximum absolute atomic E-state index is 13.2. The third kappa shape index (κ3) is 5.12. The number of fused-ring (bicyclic) bond motifs is 3. The maximum atomic E-state index is 13.2.